The van der Waals surface area contributed by atoms with Crippen LogP contribution in [0.5, 0.6) is 0 Å². The van der Waals surface area contributed by atoms with E-state index in [0.29, 0.717) is 6.54 Å². The molecule has 0 bridgehead atoms. The molecule has 0 spiro atoms. The van der Waals surface area contributed by atoms with Gasteiger partial charge in [0.2, 0.25) is 0 Å². The number of carbonyl (C=O) groups is 1. The van der Waals surface area contributed by atoms with Gasteiger partial charge in [-0.05, 0) is 30.7 Å². The number of non-ortho nitro benzene ring substituents is 1. The zero-order valence-corrected chi connectivity index (χ0v) is 12.1. The molecule has 0 aliphatic heterocycles. The smallest absolute Gasteiger partial charge is 0.270 e. The van der Waals surface area contributed by atoms with Crippen LogP contribution >= 0.6 is 11.6 Å². The molecule has 1 fully saturated rings. The lowest BCUT2D eigenvalue weighted by atomic mass is 9.67. The second-order valence-electron chi connectivity index (χ2n) is 5.31. The van der Waals surface area contributed by atoms with Gasteiger partial charge in [0.25, 0.3) is 11.6 Å². The van der Waals surface area contributed by atoms with Gasteiger partial charge in [-0.25, -0.2) is 0 Å². The van der Waals surface area contributed by atoms with Crippen LogP contribution in [0.15, 0.2) is 18.2 Å². The number of amides is 1. The Morgan fingerprint density at radius 1 is 1.50 bits per heavy atom. The minimum Gasteiger partial charge on any atom is -0.351 e. The van der Waals surface area contributed by atoms with Crippen molar-refractivity contribution in [3.8, 4) is 0 Å². The van der Waals surface area contributed by atoms with Gasteiger partial charge < -0.3 is 5.32 Å². The molecule has 0 unspecified atom stereocenters. The Morgan fingerprint density at radius 2 is 2.20 bits per heavy atom. The Labute approximate surface area is 122 Å². The molecule has 1 amide bonds. The Morgan fingerprint density at radius 3 is 2.70 bits per heavy atom. The lowest BCUT2D eigenvalue weighted by Gasteiger charge is -2.41. The van der Waals surface area contributed by atoms with Gasteiger partial charge >= 0.3 is 0 Å². The van der Waals surface area contributed by atoms with E-state index in [0.717, 1.165) is 19.3 Å². The summed E-state index contributed by atoms with van der Waals surface area (Å²) in [7, 11) is 0. The summed E-state index contributed by atoms with van der Waals surface area (Å²) in [4.78, 5) is 22.3. The molecular formula is C14H17ClN2O3. The summed E-state index contributed by atoms with van der Waals surface area (Å²) in [5.74, 6) is -0.349. The molecule has 1 aliphatic carbocycles. The lowest BCUT2D eigenvalue weighted by molar-refractivity contribution is -0.384. The number of hydrogen-bond donors (Lipinski definition) is 1. The normalized spacial score (nSPS) is 16.3. The monoisotopic (exact) mass is 296 g/mol. The van der Waals surface area contributed by atoms with Gasteiger partial charge in [0.05, 0.1) is 15.5 Å². The zero-order valence-electron chi connectivity index (χ0n) is 11.3. The molecule has 0 aromatic heterocycles. The van der Waals surface area contributed by atoms with Crippen LogP contribution in [0, 0.1) is 15.5 Å². The molecule has 5 nitrogen and oxygen atoms in total. The van der Waals surface area contributed by atoms with E-state index in [-0.39, 0.29) is 27.6 Å². The van der Waals surface area contributed by atoms with Crippen molar-refractivity contribution in [3.63, 3.8) is 0 Å². The van der Waals surface area contributed by atoms with Crippen molar-refractivity contribution in [2.24, 2.45) is 5.41 Å². The van der Waals surface area contributed by atoms with Crippen molar-refractivity contribution in [1.29, 1.82) is 0 Å². The molecule has 20 heavy (non-hydrogen) atoms. The fourth-order valence-electron chi connectivity index (χ4n) is 2.50. The van der Waals surface area contributed by atoms with Crippen LogP contribution in [0.25, 0.3) is 0 Å². The first kappa shape index (κ1) is 14.8. The van der Waals surface area contributed by atoms with E-state index >= 15 is 0 Å². The number of carbonyl (C=O) groups excluding carboxylic acids is 1. The van der Waals surface area contributed by atoms with E-state index in [1.807, 2.05) is 0 Å². The molecule has 1 N–H and O–H groups in total. The third kappa shape index (κ3) is 2.93. The minimum absolute atomic E-state index is 0.131. The number of nitrogens with zero attached hydrogens (tertiary/aromatic N) is 1. The number of hydrogen-bond acceptors (Lipinski definition) is 3. The molecule has 1 aromatic carbocycles. The van der Waals surface area contributed by atoms with Crippen molar-refractivity contribution in [2.75, 3.05) is 6.54 Å². The van der Waals surface area contributed by atoms with Crippen molar-refractivity contribution < 1.29 is 9.72 Å². The molecule has 0 radical (unpaired) electrons. The molecule has 2 rings (SSSR count). The van der Waals surface area contributed by atoms with E-state index in [1.54, 1.807) is 0 Å². The van der Waals surface area contributed by atoms with E-state index < -0.39 is 4.92 Å². The van der Waals surface area contributed by atoms with E-state index in [2.05, 4.69) is 12.2 Å². The average molecular weight is 297 g/mol. The number of nitro benzene ring substituents is 1. The van der Waals surface area contributed by atoms with Gasteiger partial charge in [0, 0.05) is 18.7 Å². The Balaban J connectivity index is 2.09. The highest BCUT2D eigenvalue weighted by Crippen LogP contribution is 2.43. The van der Waals surface area contributed by atoms with Crippen LogP contribution in [0.1, 0.15) is 43.0 Å². The number of rotatable bonds is 5. The highest BCUT2D eigenvalue weighted by Gasteiger charge is 2.35. The Kier molecular flexibility index (Phi) is 4.28. The maximum atomic E-state index is 12.1. The summed E-state index contributed by atoms with van der Waals surface area (Å²) in [5, 5.41) is 13.8. The Hall–Kier alpha value is -1.62. The first-order valence-electron chi connectivity index (χ1n) is 6.69. The van der Waals surface area contributed by atoms with Crippen molar-refractivity contribution >= 4 is 23.2 Å². The quantitative estimate of drug-likeness (QED) is 0.667. The average Bonchev–Trinajstić information content (AvgIpc) is 2.38. The van der Waals surface area contributed by atoms with Gasteiger partial charge in [-0.1, -0.05) is 24.9 Å². The first-order valence-corrected chi connectivity index (χ1v) is 7.07. The SMILES string of the molecule is CCC1(CNC(=O)c2cc([N+](=O)[O-])ccc2Cl)CCC1. The fourth-order valence-corrected chi connectivity index (χ4v) is 2.70. The molecule has 0 atom stereocenters. The molecule has 1 aromatic rings. The molecule has 0 saturated heterocycles. The van der Waals surface area contributed by atoms with Crippen LogP contribution in [-0.2, 0) is 0 Å². The predicted octanol–water partition coefficient (Wildman–Crippen LogP) is 3.56. The molecule has 1 aliphatic rings. The minimum atomic E-state index is -0.535. The van der Waals surface area contributed by atoms with Gasteiger partial charge in [-0.15, -0.1) is 0 Å². The topological polar surface area (TPSA) is 72.2 Å². The summed E-state index contributed by atoms with van der Waals surface area (Å²) >= 11 is 5.94. The summed E-state index contributed by atoms with van der Waals surface area (Å²) in [6, 6.07) is 3.89. The van der Waals surface area contributed by atoms with Crippen molar-refractivity contribution in [2.45, 2.75) is 32.6 Å². The Bertz CT molecular complexity index is 536. The molecule has 6 heteroatoms. The standard InChI is InChI=1S/C14H17ClN2O3/c1-2-14(6-3-7-14)9-16-13(18)11-8-10(17(19)20)4-5-12(11)15/h4-5,8H,2-3,6-7,9H2,1H3,(H,16,18). The molecule has 1 saturated carbocycles. The maximum absolute atomic E-state index is 12.1. The maximum Gasteiger partial charge on any atom is 0.270 e. The first-order chi connectivity index (χ1) is 9.47. The molecular weight excluding hydrogens is 280 g/mol. The fraction of sp³-hybridized carbons (Fsp3) is 0.500. The third-order valence-electron chi connectivity index (χ3n) is 4.19. The van der Waals surface area contributed by atoms with Gasteiger partial charge in [-0.3, -0.25) is 14.9 Å². The van der Waals surface area contributed by atoms with Crippen molar-refractivity contribution in [3.05, 3.63) is 38.9 Å². The molecule has 0 heterocycles. The highest BCUT2D eigenvalue weighted by atomic mass is 35.5. The lowest BCUT2D eigenvalue weighted by Crippen LogP contribution is -2.41. The largest absolute Gasteiger partial charge is 0.351 e. The summed E-state index contributed by atoms with van der Waals surface area (Å²) in [6.07, 6.45) is 4.45. The number of nitro groups is 1. The van der Waals surface area contributed by atoms with E-state index in [9.17, 15) is 14.9 Å². The van der Waals surface area contributed by atoms with Gasteiger partial charge in [0.1, 0.15) is 0 Å². The van der Waals surface area contributed by atoms with Crippen LogP contribution in [0.4, 0.5) is 5.69 Å². The summed E-state index contributed by atoms with van der Waals surface area (Å²) in [6.45, 7) is 2.72. The van der Waals surface area contributed by atoms with Crippen LogP contribution in [0.2, 0.25) is 5.02 Å². The highest BCUT2D eigenvalue weighted by molar-refractivity contribution is 6.33. The second-order valence-corrected chi connectivity index (χ2v) is 5.72. The molecule has 108 valence electrons. The van der Waals surface area contributed by atoms with Crippen molar-refractivity contribution in [1.82, 2.24) is 5.32 Å². The van der Waals surface area contributed by atoms with Crippen LogP contribution < -0.4 is 5.32 Å². The van der Waals surface area contributed by atoms with Crippen LogP contribution in [0.3, 0.4) is 0 Å². The van der Waals surface area contributed by atoms with E-state index in [1.165, 1.54) is 24.6 Å². The predicted molar refractivity (Wildman–Crippen MR) is 77.0 cm³/mol. The van der Waals surface area contributed by atoms with Gasteiger partial charge in [-0.2, -0.15) is 0 Å². The zero-order chi connectivity index (χ0) is 14.8. The number of halogens is 1. The third-order valence-corrected chi connectivity index (χ3v) is 4.52. The number of nitrogens with one attached hydrogen (secondary N) is 1. The van der Waals surface area contributed by atoms with E-state index in [4.69, 9.17) is 11.6 Å². The van der Waals surface area contributed by atoms with Gasteiger partial charge in [0.15, 0.2) is 0 Å². The second kappa shape index (κ2) is 5.79. The number of benzene rings is 1. The summed E-state index contributed by atoms with van der Waals surface area (Å²) in [5.41, 5.74) is 0.225. The van der Waals surface area contributed by atoms with Crippen LogP contribution in [-0.4, -0.2) is 17.4 Å². The summed E-state index contributed by atoms with van der Waals surface area (Å²) < 4.78 is 0.